The summed E-state index contributed by atoms with van der Waals surface area (Å²) in [6.45, 7) is 1.36. The minimum absolute atomic E-state index is 0.0316. The van der Waals surface area contributed by atoms with Crippen LogP contribution < -0.4 is 26.6 Å². The highest BCUT2D eigenvalue weighted by molar-refractivity contribution is 5.80. The fraction of sp³-hybridized carbons (Fsp3) is 0.393. The molecule has 0 saturated carbocycles. The molecule has 41 heavy (non-hydrogen) atoms. The second kappa shape index (κ2) is 11.8. The molecule has 1 aromatic heterocycles. The van der Waals surface area contributed by atoms with Crippen molar-refractivity contribution in [2.24, 2.45) is 12.8 Å². The molecule has 2 aromatic carbocycles. The lowest BCUT2D eigenvalue weighted by molar-refractivity contribution is -0.203. The van der Waals surface area contributed by atoms with Crippen LogP contribution >= 0.6 is 0 Å². The van der Waals surface area contributed by atoms with Crippen LogP contribution in [0.15, 0.2) is 65.5 Å². The predicted molar refractivity (Wildman–Crippen MR) is 148 cm³/mol. The molecule has 2 unspecified atom stereocenters. The highest BCUT2D eigenvalue weighted by Gasteiger charge is 2.50. The number of nitrogens with two attached hydrogens (primary N) is 1. The highest BCUT2D eigenvalue weighted by atomic mass is 19.4. The van der Waals surface area contributed by atoms with Gasteiger partial charge in [0, 0.05) is 39.3 Å². The number of nitrogens with zero attached hydrogens (tertiary/aromatic N) is 5. The standard InChI is InChI=1S/C28H32F3N7O3/c1-35-24(39)22-23(34-26(35)33-15-14-19-9-4-2-5-10-19)38(41-25(40)28(29,30)31)27(36-16-8-13-21(32)18-36)37(22)17-20-11-6-3-7-12-20/h2-7,9-12,21,27H,8,13-18,32H2,1H3,(H,33,34). The predicted octanol–water partition coefficient (Wildman–Crippen LogP) is 2.99. The zero-order valence-corrected chi connectivity index (χ0v) is 22.6. The van der Waals surface area contributed by atoms with Crippen LogP contribution in [0.5, 0.6) is 0 Å². The SMILES string of the molecule is Cn1c(NCCc2ccccc2)nc2c(c1=O)N(Cc1ccccc1)C(N1CCCC(N)C1)N2OC(=O)C(F)(F)F. The molecule has 10 nitrogen and oxygen atoms in total. The zero-order chi connectivity index (χ0) is 29.1. The summed E-state index contributed by atoms with van der Waals surface area (Å²) in [5.74, 6) is -2.45. The first kappa shape index (κ1) is 28.4. The average molecular weight is 572 g/mol. The summed E-state index contributed by atoms with van der Waals surface area (Å²) in [4.78, 5) is 39.0. The summed E-state index contributed by atoms with van der Waals surface area (Å²) in [6, 6.07) is 18.6. The van der Waals surface area contributed by atoms with Gasteiger partial charge in [-0.1, -0.05) is 60.7 Å². The molecule has 0 amide bonds. The van der Waals surface area contributed by atoms with Gasteiger partial charge in [-0.05, 0) is 30.4 Å². The molecule has 3 heterocycles. The molecule has 5 rings (SSSR count). The molecule has 0 aliphatic carbocycles. The van der Waals surface area contributed by atoms with Gasteiger partial charge >= 0.3 is 12.1 Å². The largest absolute Gasteiger partial charge is 0.493 e. The third-order valence-corrected chi connectivity index (χ3v) is 7.20. The molecule has 0 radical (unpaired) electrons. The Morgan fingerprint density at radius 2 is 1.76 bits per heavy atom. The van der Waals surface area contributed by atoms with E-state index in [-0.39, 0.29) is 30.0 Å². The lowest BCUT2D eigenvalue weighted by atomic mass is 10.1. The van der Waals surface area contributed by atoms with Crippen LogP contribution in [0.3, 0.4) is 0 Å². The van der Waals surface area contributed by atoms with E-state index in [0.717, 1.165) is 22.6 Å². The van der Waals surface area contributed by atoms with Crippen LogP contribution in [0.4, 0.5) is 30.6 Å². The molecule has 218 valence electrons. The number of aromatic nitrogens is 2. The average Bonchev–Trinajstić information content (AvgIpc) is 3.24. The molecule has 1 fully saturated rings. The van der Waals surface area contributed by atoms with Crippen molar-refractivity contribution in [2.45, 2.75) is 44.3 Å². The van der Waals surface area contributed by atoms with Gasteiger partial charge in [0.25, 0.3) is 5.56 Å². The summed E-state index contributed by atoms with van der Waals surface area (Å²) < 4.78 is 41.7. The maximum atomic E-state index is 13.8. The number of hydrogen-bond donors (Lipinski definition) is 2. The number of hydroxylamine groups is 1. The number of carbonyl (C=O) groups is 1. The summed E-state index contributed by atoms with van der Waals surface area (Å²) in [6.07, 6.45) is -4.28. The van der Waals surface area contributed by atoms with Crippen molar-refractivity contribution in [1.29, 1.82) is 0 Å². The summed E-state index contributed by atoms with van der Waals surface area (Å²) in [5.41, 5.74) is 7.64. The van der Waals surface area contributed by atoms with Crippen LogP contribution in [0.2, 0.25) is 0 Å². The number of nitrogens with one attached hydrogen (secondary N) is 1. The van der Waals surface area contributed by atoms with Gasteiger partial charge in [0.1, 0.15) is 0 Å². The van der Waals surface area contributed by atoms with E-state index in [1.165, 1.54) is 11.6 Å². The summed E-state index contributed by atoms with van der Waals surface area (Å²) in [5, 5.41) is 3.93. The minimum atomic E-state index is -5.26. The topological polar surface area (TPSA) is 109 Å². The Labute approximate surface area is 235 Å². The van der Waals surface area contributed by atoms with Gasteiger partial charge < -0.3 is 20.8 Å². The maximum Gasteiger partial charge on any atom is 0.493 e. The van der Waals surface area contributed by atoms with Crippen molar-refractivity contribution in [2.75, 3.05) is 34.9 Å². The van der Waals surface area contributed by atoms with E-state index in [9.17, 15) is 22.8 Å². The van der Waals surface area contributed by atoms with E-state index < -0.39 is 24.0 Å². The molecular weight excluding hydrogens is 539 g/mol. The van der Waals surface area contributed by atoms with Crippen LogP contribution in [-0.2, 0) is 29.6 Å². The van der Waals surface area contributed by atoms with Crippen molar-refractivity contribution in [3.8, 4) is 0 Å². The number of fused-ring (bicyclic) bond motifs is 1. The van der Waals surface area contributed by atoms with Gasteiger partial charge in [0.15, 0.2) is 12.0 Å². The van der Waals surface area contributed by atoms with Gasteiger partial charge in [-0.25, -0.2) is 4.79 Å². The molecule has 2 atom stereocenters. The lowest BCUT2D eigenvalue weighted by Gasteiger charge is -2.42. The fourth-order valence-electron chi connectivity index (χ4n) is 5.22. The molecule has 2 aliphatic heterocycles. The van der Waals surface area contributed by atoms with Crippen molar-refractivity contribution in [3.05, 3.63) is 82.1 Å². The molecule has 1 saturated heterocycles. The molecular formula is C28H32F3N7O3. The zero-order valence-electron chi connectivity index (χ0n) is 22.6. The Kier molecular flexibility index (Phi) is 8.18. The molecule has 2 aliphatic rings. The second-order valence-corrected chi connectivity index (χ2v) is 10.2. The first-order valence-electron chi connectivity index (χ1n) is 13.4. The van der Waals surface area contributed by atoms with Crippen molar-refractivity contribution < 1.29 is 22.8 Å². The molecule has 0 bridgehead atoms. The molecule has 3 N–H and O–H groups in total. The quantitative estimate of drug-likeness (QED) is 0.422. The first-order chi connectivity index (χ1) is 19.6. The van der Waals surface area contributed by atoms with Crippen molar-refractivity contribution in [3.63, 3.8) is 0 Å². The van der Waals surface area contributed by atoms with Gasteiger partial charge in [0.05, 0.1) is 0 Å². The van der Waals surface area contributed by atoms with E-state index in [2.05, 4.69) is 10.3 Å². The fourth-order valence-corrected chi connectivity index (χ4v) is 5.22. The van der Waals surface area contributed by atoms with E-state index in [4.69, 9.17) is 10.6 Å². The van der Waals surface area contributed by atoms with E-state index in [0.29, 0.717) is 32.5 Å². The van der Waals surface area contributed by atoms with Gasteiger partial charge in [-0.15, -0.1) is 5.06 Å². The lowest BCUT2D eigenvalue weighted by Crippen LogP contribution is -2.60. The molecule has 3 aromatic rings. The third kappa shape index (κ3) is 6.15. The van der Waals surface area contributed by atoms with Crippen molar-refractivity contribution in [1.82, 2.24) is 14.5 Å². The van der Waals surface area contributed by atoms with Crippen LogP contribution in [-0.4, -0.2) is 58.6 Å². The third-order valence-electron chi connectivity index (χ3n) is 7.20. The number of halogens is 3. The summed E-state index contributed by atoms with van der Waals surface area (Å²) >= 11 is 0. The Morgan fingerprint density at radius 3 is 2.39 bits per heavy atom. The number of rotatable bonds is 8. The maximum absolute atomic E-state index is 13.8. The number of piperidine rings is 1. The summed E-state index contributed by atoms with van der Waals surface area (Å²) in [7, 11) is 1.54. The number of alkyl halides is 3. The van der Waals surface area contributed by atoms with E-state index in [1.54, 1.807) is 4.90 Å². The number of benzene rings is 2. The Bertz CT molecular complexity index is 1420. The Morgan fingerprint density at radius 1 is 1.10 bits per heavy atom. The number of likely N-dealkylation sites (tertiary alicyclic amines) is 1. The van der Waals surface area contributed by atoms with Gasteiger partial charge in [0.2, 0.25) is 11.8 Å². The molecule has 0 spiro atoms. The number of anilines is 3. The number of carbonyl (C=O) groups excluding carboxylic acids is 1. The monoisotopic (exact) mass is 571 g/mol. The van der Waals surface area contributed by atoms with Crippen LogP contribution in [0.25, 0.3) is 0 Å². The highest BCUT2D eigenvalue weighted by Crippen LogP contribution is 2.40. The van der Waals surface area contributed by atoms with E-state index in [1.807, 2.05) is 65.6 Å². The smallest absolute Gasteiger partial charge is 0.355 e. The second-order valence-electron chi connectivity index (χ2n) is 10.2. The van der Waals surface area contributed by atoms with Crippen LogP contribution in [0, 0.1) is 0 Å². The van der Waals surface area contributed by atoms with Gasteiger partial charge in [-0.2, -0.15) is 18.2 Å². The Hall–Kier alpha value is -4.10. The van der Waals surface area contributed by atoms with Crippen LogP contribution in [0.1, 0.15) is 24.0 Å². The van der Waals surface area contributed by atoms with Crippen molar-refractivity contribution >= 4 is 23.4 Å². The number of hydrogen-bond acceptors (Lipinski definition) is 9. The van der Waals surface area contributed by atoms with Gasteiger partial charge in [-0.3, -0.25) is 14.3 Å². The minimum Gasteiger partial charge on any atom is -0.355 e. The normalized spacial score (nSPS) is 19.2. The molecule has 13 heteroatoms. The first-order valence-corrected chi connectivity index (χ1v) is 13.4. The van der Waals surface area contributed by atoms with E-state index >= 15 is 0 Å². The Balaban J connectivity index is 1.57.